The lowest BCUT2D eigenvalue weighted by atomic mass is 10.0. The molecule has 0 radical (unpaired) electrons. The Morgan fingerprint density at radius 1 is 1.21 bits per heavy atom. The molecule has 1 aromatic rings. The van der Waals surface area contributed by atoms with Crippen molar-refractivity contribution >= 4 is 5.95 Å². The number of hydrogen-bond acceptors (Lipinski definition) is 6. The summed E-state index contributed by atoms with van der Waals surface area (Å²) < 4.78 is 25.3. The minimum atomic E-state index is -0.409. The van der Waals surface area contributed by atoms with E-state index in [9.17, 15) is 4.39 Å². The van der Waals surface area contributed by atoms with Gasteiger partial charge in [0.2, 0.25) is 5.95 Å². The standard InChI is InChI=1S/C17H25FN4O2/c18-13-10-19-17(20-11-13)22-12-15(16-14(22)4-3-8-24-16)23-9-7-21-5-1-2-6-21/h10-11,14-16H,1-9,12H2/t14-,15+,16+/m0/s1. The van der Waals surface area contributed by atoms with Crippen LogP contribution >= 0.6 is 0 Å². The monoisotopic (exact) mass is 336 g/mol. The molecule has 1 aromatic heterocycles. The van der Waals surface area contributed by atoms with E-state index in [4.69, 9.17) is 9.47 Å². The molecule has 0 bridgehead atoms. The molecule has 24 heavy (non-hydrogen) atoms. The normalized spacial score (nSPS) is 30.7. The van der Waals surface area contributed by atoms with Crippen molar-refractivity contribution < 1.29 is 13.9 Å². The van der Waals surface area contributed by atoms with Gasteiger partial charge in [0.15, 0.2) is 5.82 Å². The van der Waals surface area contributed by atoms with E-state index < -0.39 is 5.82 Å². The Balaban J connectivity index is 1.40. The lowest BCUT2D eigenvalue weighted by Crippen LogP contribution is -2.42. The van der Waals surface area contributed by atoms with Crippen LogP contribution in [-0.2, 0) is 9.47 Å². The number of halogens is 1. The number of fused-ring (bicyclic) bond motifs is 1. The zero-order chi connectivity index (χ0) is 16.4. The summed E-state index contributed by atoms with van der Waals surface area (Å²) in [5.74, 6) is 0.162. The minimum Gasteiger partial charge on any atom is -0.373 e. The average molecular weight is 336 g/mol. The van der Waals surface area contributed by atoms with Crippen LogP contribution in [0.5, 0.6) is 0 Å². The molecule has 0 spiro atoms. The van der Waals surface area contributed by atoms with Crippen molar-refractivity contribution in [2.75, 3.05) is 44.3 Å². The predicted octanol–water partition coefficient (Wildman–Crippen LogP) is 1.46. The van der Waals surface area contributed by atoms with Crippen molar-refractivity contribution in [3.63, 3.8) is 0 Å². The van der Waals surface area contributed by atoms with Crippen molar-refractivity contribution in [2.45, 2.75) is 43.9 Å². The second kappa shape index (κ2) is 7.29. The van der Waals surface area contributed by atoms with E-state index in [-0.39, 0.29) is 18.2 Å². The van der Waals surface area contributed by atoms with E-state index in [0.29, 0.717) is 12.5 Å². The molecule has 0 aliphatic carbocycles. The highest BCUT2D eigenvalue weighted by Gasteiger charge is 2.45. The fourth-order valence-corrected chi connectivity index (χ4v) is 4.08. The van der Waals surface area contributed by atoms with E-state index in [1.807, 2.05) is 0 Å². The maximum absolute atomic E-state index is 13.1. The minimum absolute atomic E-state index is 0.0338. The van der Waals surface area contributed by atoms with Crippen molar-refractivity contribution in [1.29, 1.82) is 0 Å². The molecule has 3 saturated heterocycles. The van der Waals surface area contributed by atoms with Gasteiger partial charge in [0, 0.05) is 13.2 Å². The molecule has 3 aliphatic heterocycles. The van der Waals surface area contributed by atoms with Crippen LogP contribution in [0.15, 0.2) is 12.4 Å². The number of nitrogens with zero attached hydrogens (tertiary/aromatic N) is 4. The molecule has 0 aromatic carbocycles. The van der Waals surface area contributed by atoms with Crippen LogP contribution in [0.1, 0.15) is 25.7 Å². The summed E-state index contributed by atoms with van der Waals surface area (Å²) in [5.41, 5.74) is 0. The van der Waals surface area contributed by atoms with Crippen LogP contribution in [0.3, 0.4) is 0 Å². The molecule has 4 rings (SSSR count). The van der Waals surface area contributed by atoms with E-state index in [2.05, 4.69) is 19.8 Å². The molecule has 3 aliphatic rings. The number of anilines is 1. The molecule has 3 atom stereocenters. The van der Waals surface area contributed by atoms with E-state index in [1.54, 1.807) is 0 Å². The Morgan fingerprint density at radius 3 is 2.79 bits per heavy atom. The molecular weight excluding hydrogens is 311 g/mol. The van der Waals surface area contributed by atoms with Crippen molar-refractivity contribution in [2.24, 2.45) is 0 Å². The third kappa shape index (κ3) is 3.38. The van der Waals surface area contributed by atoms with Crippen LogP contribution in [0.25, 0.3) is 0 Å². The van der Waals surface area contributed by atoms with Crippen molar-refractivity contribution in [3.8, 4) is 0 Å². The topological polar surface area (TPSA) is 50.7 Å². The van der Waals surface area contributed by atoms with Crippen LogP contribution in [0, 0.1) is 5.82 Å². The zero-order valence-electron chi connectivity index (χ0n) is 13.9. The Morgan fingerprint density at radius 2 is 2.00 bits per heavy atom. The maximum atomic E-state index is 13.1. The van der Waals surface area contributed by atoms with Gasteiger partial charge in [-0.1, -0.05) is 0 Å². The summed E-state index contributed by atoms with van der Waals surface area (Å²) >= 11 is 0. The second-order valence-electron chi connectivity index (χ2n) is 6.86. The van der Waals surface area contributed by atoms with Crippen molar-refractivity contribution in [3.05, 3.63) is 18.2 Å². The first kappa shape index (κ1) is 16.2. The van der Waals surface area contributed by atoms with Gasteiger partial charge in [0.25, 0.3) is 0 Å². The molecule has 0 N–H and O–H groups in total. The fraction of sp³-hybridized carbons (Fsp3) is 0.765. The smallest absolute Gasteiger partial charge is 0.225 e. The summed E-state index contributed by atoms with van der Waals surface area (Å²) in [4.78, 5) is 12.9. The highest BCUT2D eigenvalue weighted by molar-refractivity contribution is 5.35. The third-order valence-electron chi connectivity index (χ3n) is 5.28. The summed E-state index contributed by atoms with van der Waals surface area (Å²) in [5, 5.41) is 0. The highest BCUT2D eigenvalue weighted by Crippen LogP contribution is 2.32. The molecule has 6 nitrogen and oxygen atoms in total. The molecule has 0 amide bonds. The SMILES string of the molecule is Fc1cnc(N2C[C@@H](OCCN3CCCC3)[C@@H]3OCCC[C@@H]32)nc1. The average Bonchev–Trinajstić information content (AvgIpc) is 3.24. The van der Waals surface area contributed by atoms with Crippen molar-refractivity contribution in [1.82, 2.24) is 14.9 Å². The Labute approximate surface area is 142 Å². The van der Waals surface area contributed by atoms with Gasteiger partial charge >= 0.3 is 0 Å². The molecule has 7 heteroatoms. The van der Waals surface area contributed by atoms with Gasteiger partial charge in [-0.15, -0.1) is 0 Å². The van der Waals surface area contributed by atoms with E-state index in [0.717, 1.165) is 32.6 Å². The van der Waals surface area contributed by atoms with Crippen LogP contribution in [0.2, 0.25) is 0 Å². The molecule has 0 saturated carbocycles. The number of likely N-dealkylation sites (tertiary alicyclic amines) is 1. The predicted molar refractivity (Wildman–Crippen MR) is 87.5 cm³/mol. The van der Waals surface area contributed by atoms with Gasteiger partial charge in [-0.2, -0.15) is 0 Å². The summed E-state index contributed by atoms with van der Waals surface area (Å²) in [6.45, 7) is 5.58. The third-order valence-corrected chi connectivity index (χ3v) is 5.28. The molecule has 0 unspecified atom stereocenters. The first-order valence-electron chi connectivity index (χ1n) is 9.01. The number of hydrogen-bond donors (Lipinski definition) is 0. The van der Waals surface area contributed by atoms with Gasteiger partial charge < -0.3 is 19.3 Å². The molecule has 132 valence electrons. The lowest BCUT2D eigenvalue weighted by Gasteiger charge is -2.32. The summed E-state index contributed by atoms with van der Waals surface area (Å²) in [7, 11) is 0. The Kier molecular flexibility index (Phi) is 4.91. The first-order chi connectivity index (χ1) is 11.8. The Hall–Kier alpha value is -1.31. The second-order valence-corrected chi connectivity index (χ2v) is 6.86. The van der Waals surface area contributed by atoms with Crippen LogP contribution < -0.4 is 4.90 Å². The van der Waals surface area contributed by atoms with Gasteiger partial charge in [-0.25, -0.2) is 14.4 Å². The van der Waals surface area contributed by atoms with Crippen LogP contribution in [0.4, 0.5) is 10.3 Å². The molecule has 4 heterocycles. The van der Waals surface area contributed by atoms with E-state index >= 15 is 0 Å². The van der Waals surface area contributed by atoms with E-state index in [1.165, 1.54) is 38.3 Å². The quantitative estimate of drug-likeness (QED) is 0.811. The highest BCUT2D eigenvalue weighted by atomic mass is 19.1. The number of ether oxygens (including phenoxy) is 2. The summed E-state index contributed by atoms with van der Waals surface area (Å²) in [6, 6.07) is 0.223. The fourth-order valence-electron chi connectivity index (χ4n) is 4.08. The molecular formula is C17H25FN4O2. The zero-order valence-corrected chi connectivity index (χ0v) is 13.9. The van der Waals surface area contributed by atoms with Gasteiger partial charge in [0.05, 0.1) is 31.6 Å². The van der Waals surface area contributed by atoms with Gasteiger partial charge in [-0.05, 0) is 38.8 Å². The van der Waals surface area contributed by atoms with Gasteiger partial charge in [-0.3, -0.25) is 0 Å². The van der Waals surface area contributed by atoms with Gasteiger partial charge in [0.1, 0.15) is 12.2 Å². The summed E-state index contributed by atoms with van der Waals surface area (Å²) in [6.07, 6.45) is 7.21. The first-order valence-corrected chi connectivity index (χ1v) is 9.01. The molecule has 3 fully saturated rings. The maximum Gasteiger partial charge on any atom is 0.225 e. The Bertz CT molecular complexity index is 538. The number of aromatic nitrogens is 2. The number of rotatable bonds is 5. The van der Waals surface area contributed by atoms with Crippen LogP contribution in [-0.4, -0.2) is 72.5 Å². The lowest BCUT2D eigenvalue weighted by molar-refractivity contribution is -0.0754. The largest absolute Gasteiger partial charge is 0.373 e.